The fourth-order valence-electron chi connectivity index (χ4n) is 1.68. The van der Waals surface area contributed by atoms with Crippen molar-refractivity contribution in [3.63, 3.8) is 0 Å². The zero-order chi connectivity index (χ0) is 11.5. The lowest BCUT2D eigenvalue weighted by Gasteiger charge is -2.15. The van der Waals surface area contributed by atoms with Crippen molar-refractivity contribution in [2.45, 2.75) is 39.2 Å². The number of rotatable bonds is 7. The Bertz CT molecular complexity index is 288. The van der Waals surface area contributed by atoms with E-state index in [0.29, 0.717) is 5.88 Å². The lowest BCUT2D eigenvalue weighted by molar-refractivity contribution is 0.523. The van der Waals surface area contributed by atoms with Gasteiger partial charge in [0, 0.05) is 11.9 Å². The van der Waals surface area contributed by atoms with Crippen LogP contribution in [0.5, 0.6) is 0 Å². The van der Waals surface area contributed by atoms with Crippen LogP contribution >= 0.6 is 11.6 Å². The molecule has 0 saturated heterocycles. The van der Waals surface area contributed by atoms with Gasteiger partial charge in [-0.05, 0) is 25.2 Å². The van der Waals surface area contributed by atoms with Crippen LogP contribution < -0.4 is 4.72 Å². The Hall–Kier alpha value is 0.200. The Morgan fingerprint density at radius 1 is 1.40 bits per heavy atom. The van der Waals surface area contributed by atoms with Crippen molar-refractivity contribution in [2.75, 3.05) is 11.6 Å². The second-order valence-corrected chi connectivity index (χ2v) is 6.85. The molecule has 0 aliphatic heterocycles. The second kappa shape index (κ2) is 5.51. The molecule has 0 spiro atoms. The number of nitrogens with one attached hydrogen (secondary N) is 1. The zero-order valence-electron chi connectivity index (χ0n) is 9.37. The second-order valence-electron chi connectivity index (χ2n) is 4.74. The van der Waals surface area contributed by atoms with E-state index >= 15 is 0 Å². The van der Waals surface area contributed by atoms with Crippen molar-refractivity contribution in [3.05, 3.63) is 0 Å². The molecule has 1 N–H and O–H groups in total. The average molecular weight is 254 g/mol. The van der Waals surface area contributed by atoms with Gasteiger partial charge in [0.1, 0.15) is 0 Å². The molecule has 5 heteroatoms. The molecule has 0 bridgehead atoms. The van der Waals surface area contributed by atoms with Crippen molar-refractivity contribution in [1.82, 2.24) is 4.72 Å². The van der Waals surface area contributed by atoms with Gasteiger partial charge < -0.3 is 0 Å². The van der Waals surface area contributed by atoms with Crippen LogP contribution in [0.4, 0.5) is 0 Å². The van der Waals surface area contributed by atoms with Gasteiger partial charge in [-0.3, -0.25) is 0 Å². The number of hydrogen-bond acceptors (Lipinski definition) is 2. The highest BCUT2D eigenvalue weighted by molar-refractivity contribution is 7.89. The Kier molecular flexibility index (Phi) is 4.87. The van der Waals surface area contributed by atoms with Crippen molar-refractivity contribution < 1.29 is 8.42 Å². The first kappa shape index (κ1) is 13.3. The quantitative estimate of drug-likeness (QED) is 0.705. The molecule has 0 heterocycles. The van der Waals surface area contributed by atoms with Crippen molar-refractivity contribution in [3.8, 4) is 0 Å². The first-order chi connectivity index (χ1) is 6.93. The van der Waals surface area contributed by atoms with Crippen LogP contribution in [0.1, 0.15) is 33.1 Å². The molecule has 0 amide bonds. The molecule has 1 saturated carbocycles. The lowest BCUT2D eigenvalue weighted by Crippen LogP contribution is -2.36. The summed E-state index contributed by atoms with van der Waals surface area (Å²) in [5, 5.41) is 0. The predicted molar refractivity (Wildman–Crippen MR) is 63.6 cm³/mol. The Balaban J connectivity index is 2.33. The van der Waals surface area contributed by atoms with Crippen LogP contribution in [-0.2, 0) is 10.0 Å². The molecular formula is C10H20ClNO2S. The fraction of sp³-hybridized carbons (Fsp3) is 1.00. The van der Waals surface area contributed by atoms with Crippen LogP contribution in [0.2, 0.25) is 0 Å². The highest BCUT2D eigenvalue weighted by Crippen LogP contribution is 2.33. The molecule has 1 rings (SSSR count). The number of sulfonamides is 1. The third kappa shape index (κ3) is 5.73. The molecule has 1 fully saturated rings. The van der Waals surface area contributed by atoms with E-state index < -0.39 is 10.0 Å². The molecule has 0 aromatic heterocycles. The minimum absolute atomic E-state index is 0.0114. The van der Waals surface area contributed by atoms with Gasteiger partial charge in [-0.1, -0.05) is 19.8 Å². The van der Waals surface area contributed by atoms with E-state index in [4.69, 9.17) is 11.6 Å². The molecule has 0 radical (unpaired) electrons. The molecular weight excluding hydrogens is 234 g/mol. The Labute approximate surface area is 97.6 Å². The van der Waals surface area contributed by atoms with Gasteiger partial charge >= 0.3 is 0 Å². The summed E-state index contributed by atoms with van der Waals surface area (Å²) in [6.07, 6.45) is 3.47. The van der Waals surface area contributed by atoms with Gasteiger partial charge in [-0.15, -0.1) is 11.6 Å². The SMILES string of the molecule is CC(CCl)CS(=O)(=O)NC(C)CC1CC1. The summed E-state index contributed by atoms with van der Waals surface area (Å²) >= 11 is 5.60. The third-order valence-corrected chi connectivity index (χ3v) is 4.83. The average Bonchev–Trinajstić information content (AvgIpc) is 2.85. The maximum Gasteiger partial charge on any atom is 0.212 e. The summed E-state index contributed by atoms with van der Waals surface area (Å²) in [5.41, 5.74) is 0. The van der Waals surface area contributed by atoms with Crippen molar-refractivity contribution >= 4 is 21.6 Å². The highest BCUT2D eigenvalue weighted by Gasteiger charge is 2.26. The standard InChI is InChI=1S/C10H20ClNO2S/c1-8(6-11)7-15(13,14)12-9(2)5-10-3-4-10/h8-10,12H,3-7H2,1-2H3. The lowest BCUT2D eigenvalue weighted by atomic mass is 10.2. The van der Waals surface area contributed by atoms with Crippen molar-refractivity contribution in [1.29, 1.82) is 0 Å². The van der Waals surface area contributed by atoms with E-state index in [1.807, 2.05) is 13.8 Å². The van der Waals surface area contributed by atoms with Gasteiger partial charge in [-0.2, -0.15) is 0 Å². The first-order valence-electron chi connectivity index (χ1n) is 5.49. The molecule has 15 heavy (non-hydrogen) atoms. The highest BCUT2D eigenvalue weighted by atomic mass is 35.5. The van der Waals surface area contributed by atoms with Crippen LogP contribution in [0.25, 0.3) is 0 Å². The molecule has 0 aromatic rings. The number of alkyl halides is 1. The fourth-order valence-corrected chi connectivity index (χ4v) is 3.59. The summed E-state index contributed by atoms with van der Waals surface area (Å²) in [6.45, 7) is 3.78. The van der Waals surface area contributed by atoms with Gasteiger partial charge in [0.05, 0.1) is 5.75 Å². The van der Waals surface area contributed by atoms with Gasteiger partial charge in [0.15, 0.2) is 0 Å². The molecule has 90 valence electrons. The molecule has 3 nitrogen and oxygen atoms in total. The third-order valence-electron chi connectivity index (χ3n) is 2.53. The molecule has 2 atom stereocenters. The predicted octanol–water partition coefficient (Wildman–Crippen LogP) is 1.97. The number of halogens is 1. The van der Waals surface area contributed by atoms with E-state index in [9.17, 15) is 8.42 Å². The van der Waals surface area contributed by atoms with E-state index in [1.165, 1.54) is 12.8 Å². The van der Waals surface area contributed by atoms with Gasteiger partial charge in [-0.25, -0.2) is 13.1 Å². The largest absolute Gasteiger partial charge is 0.212 e. The summed E-state index contributed by atoms with van der Waals surface area (Å²) in [4.78, 5) is 0. The molecule has 2 unspecified atom stereocenters. The van der Waals surface area contributed by atoms with E-state index in [1.54, 1.807) is 0 Å². The number of hydrogen-bond donors (Lipinski definition) is 1. The monoisotopic (exact) mass is 253 g/mol. The normalized spacial score (nSPS) is 21.3. The maximum atomic E-state index is 11.6. The van der Waals surface area contributed by atoms with Crippen LogP contribution in [0.3, 0.4) is 0 Å². The minimum atomic E-state index is -3.14. The zero-order valence-corrected chi connectivity index (χ0v) is 10.9. The van der Waals surface area contributed by atoms with E-state index in [-0.39, 0.29) is 17.7 Å². The maximum absolute atomic E-state index is 11.6. The summed E-state index contributed by atoms with van der Waals surface area (Å²) < 4.78 is 26.0. The summed E-state index contributed by atoms with van der Waals surface area (Å²) in [5.74, 6) is 1.27. The Morgan fingerprint density at radius 2 is 2.00 bits per heavy atom. The van der Waals surface area contributed by atoms with Crippen molar-refractivity contribution in [2.24, 2.45) is 11.8 Å². The molecule has 1 aliphatic rings. The van der Waals surface area contributed by atoms with Gasteiger partial charge in [0.2, 0.25) is 10.0 Å². The smallest absolute Gasteiger partial charge is 0.212 e. The van der Waals surface area contributed by atoms with Crippen LogP contribution in [0.15, 0.2) is 0 Å². The van der Waals surface area contributed by atoms with Crippen LogP contribution in [0, 0.1) is 11.8 Å². The molecule has 0 aromatic carbocycles. The summed E-state index contributed by atoms with van der Waals surface area (Å²) in [6, 6.07) is 0.0602. The van der Waals surface area contributed by atoms with Gasteiger partial charge in [0.25, 0.3) is 0 Å². The summed E-state index contributed by atoms with van der Waals surface area (Å²) in [7, 11) is -3.14. The molecule has 1 aliphatic carbocycles. The Morgan fingerprint density at radius 3 is 2.47 bits per heavy atom. The topological polar surface area (TPSA) is 46.2 Å². The minimum Gasteiger partial charge on any atom is -0.212 e. The van der Waals surface area contributed by atoms with E-state index in [2.05, 4.69) is 4.72 Å². The van der Waals surface area contributed by atoms with Crippen LogP contribution in [-0.4, -0.2) is 26.1 Å². The van der Waals surface area contributed by atoms with E-state index in [0.717, 1.165) is 12.3 Å². The first-order valence-corrected chi connectivity index (χ1v) is 7.67.